The summed E-state index contributed by atoms with van der Waals surface area (Å²) in [4.78, 5) is 35.4. The number of anilines is 1. The van der Waals surface area contributed by atoms with Crippen molar-refractivity contribution in [3.63, 3.8) is 0 Å². The third-order valence-corrected chi connectivity index (χ3v) is 6.43. The maximum absolute atomic E-state index is 13.6. The van der Waals surface area contributed by atoms with Crippen LogP contribution in [0.2, 0.25) is 0 Å². The van der Waals surface area contributed by atoms with Gasteiger partial charge in [0.25, 0.3) is 11.5 Å². The zero-order valence-corrected chi connectivity index (χ0v) is 18.8. The number of nitrogens with zero attached hydrogens (tertiary/aromatic N) is 4. The van der Waals surface area contributed by atoms with E-state index in [9.17, 15) is 9.59 Å². The number of rotatable bonds is 6. The largest absolute Gasteiger partial charge is 0.467 e. The van der Waals surface area contributed by atoms with Gasteiger partial charge in [-0.2, -0.15) is 0 Å². The SMILES string of the molecule is Cc1c(C(=O)N(Cc2ccc(N(C)C)cc2)Cc2ccco2)sc2ncn(C)c(=O)c12. The van der Waals surface area contributed by atoms with E-state index < -0.39 is 0 Å². The summed E-state index contributed by atoms with van der Waals surface area (Å²) in [5.41, 5.74) is 2.63. The topological polar surface area (TPSA) is 71.6 Å². The predicted octanol–water partition coefficient (Wildman–Crippen LogP) is 3.81. The van der Waals surface area contributed by atoms with E-state index in [0.29, 0.717) is 39.5 Å². The minimum atomic E-state index is -0.144. The van der Waals surface area contributed by atoms with E-state index in [1.54, 1.807) is 18.2 Å². The van der Waals surface area contributed by atoms with Crippen LogP contribution in [0.1, 0.15) is 26.6 Å². The monoisotopic (exact) mass is 436 g/mol. The quantitative estimate of drug-likeness (QED) is 0.460. The van der Waals surface area contributed by atoms with E-state index in [1.165, 1.54) is 22.2 Å². The first-order valence-corrected chi connectivity index (χ1v) is 10.7. The van der Waals surface area contributed by atoms with E-state index in [-0.39, 0.29) is 11.5 Å². The van der Waals surface area contributed by atoms with Gasteiger partial charge in [-0.3, -0.25) is 9.59 Å². The van der Waals surface area contributed by atoms with E-state index >= 15 is 0 Å². The van der Waals surface area contributed by atoms with Crippen LogP contribution < -0.4 is 10.5 Å². The van der Waals surface area contributed by atoms with Gasteiger partial charge in [-0.05, 0) is 42.3 Å². The molecule has 4 rings (SSSR count). The van der Waals surface area contributed by atoms with Crippen molar-refractivity contribution in [3.8, 4) is 0 Å². The average Bonchev–Trinajstić information content (AvgIpc) is 3.38. The van der Waals surface area contributed by atoms with Crippen molar-refractivity contribution in [2.45, 2.75) is 20.0 Å². The summed E-state index contributed by atoms with van der Waals surface area (Å²) in [5, 5.41) is 0.506. The highest BCUT2D eigenvalue weighted by molar-refractivity contribution is 7.20. The Bertz CT molecular complexity index is 1270. The van der Waals surface area contributed by atoms with Crippen LogP contribution in [0.5, 0.6) is 0 Å². The molecule has 160 valence electrons. The van der Waals surface area contributed by atoms with Crippen molar-refractivity contribution < 1.29 is 9.21 Å². The lowest BCUT2D eigenvalue weighted by Crippen LogP contribution is -2.30. The van der Waals surface area contributed by atoms with Crippen LogP contribution in [-0.4, -0.2) is 34.5 Å². The number of aromatic nitrogens is 2. The van der Waals surface area contributed by atoms with E-state index in [1.807, 2.05) is 62.3 Å². The van der Waals surface area contributed by atoms with Gasteiger partial charge < -0.3 is 18.8 Å². The van der Waals surface area contributed by atoms with Crippen LogP contribution >= 0.6 is 11.3 Å². The number of aryl methyl sites for hydroxylation is 2. The number of carbonyl (C=O) groups excluding carboxylic acids is 1. The third-order valence-electron chi connectivity index (χ3n) is 5.25. The highest BCUT2D eigenvalue weighted by Gasteiger charge is 2.24. The summed E-state index contributed by atoms with van der Waals surface area (Å²) in [6.07, 6.45) is 3.09. The molecule has 0 bridgehead atoms. The Hall–Kier alpha value is -3.39. The Morgan fingerprint density at radius 1 is 1.16 bits per heavy atom. The number of hydrogen-bond acceptors (Lipinski definition) is 6. The number of benzene rings is 1. The number of thiophene rings is 1. The maximum Gasteiger partial charge on any atom is 0.265 e. The molecular formula is C23H24N4O3S. The second kappa shape index (κ2) is 8.39. The Morgan fingerprint density at radius 3 is 2.55 bits per heavy atom. The first-order valence-electron chi connectivity index (χ1n) is 9.88. The normalized spacial score (nSPS) is 11.1. The van der Waals surface area contributed by atoms with Gasteiger partial charge in [0.2, 0.25) is 0 Å². The molecule has 0 aliphatic carbocycles. The Morgan fingerprint density at radius 2 is 1.90 bits per heavy atom. The van der Waals surface area contributed by atoms with Crippen molar-refractivity contribution >= 4 is 33.1 Å². The Balaban J connectivity index is 1.70. The summed E-state index contributed by atoms with van der Waals surface area (Å²) < 4.78 is 6.93. The second-order valence-corrected chi connectivity index (χ2v) is 8.70. The fraction of sp³-hybridized carbons (Fsp3) is 0.261. The molecule has 4 aromatic rings. The first-order chi connectivity index (χ1) is 14.8. The summed E-state index contributed by atoms with van der Waals surface area (Å²) in [5.74, 6) is 0.557. The van der Waals surface area contributed by atoms with Crippen molar-refractivity contribution in [2.75, 3.05) is 19.0 Å². The average molecular weight is 437 g/mol. The number of amides is 1. The molecule has 3 heterocycles. The molecule has 3 aromatic heterocycles. The molecule has 0 aliphatic heterocycles. The van der Waals surface area contributed by atoms with E-state index in [4.69, 9.17) is 4.42 Å². The van der Waals surface area contributed by atoms with Gasteiger partial charge in [0.1, 0.15) is 10.6 Å². The second-order valence-electron chi connectivity index (χ2n) is 7.70. The summed E-state index contributed by atoms with van der Waals surface area (Å²) in [7, 11) is 5.64. The molecule has 1 aromatic carbocycles. The van der Waals surface area contributed by atoms with E-state index in [0.717, 1.165) is 11.3 Å². The van der Waals surface area contributed by atoms with Crippen LogP contribution in [0.4, 0.5) is 5.69 Å². The number of furan rings is 1. The molecular weight excluding hydrogens is 412 g/mol. The maximum atomic E-state index is 13.6. The van der Waals surface area contributed by atoms with Gasteiger partial charge in [-0.15, -0.1) is 11.3 Å². The fourth-order valence-corrected chi connectivity index (χ4v) is 4.57. The third kappa shape index (κ3) is 4.11. The molecule has 31 heavy (non-hydrogen) atoms. The molecule has 0 atom stereocenters. The van der Waals surface area contributed by atoms with Crippen LogP contribution in [0.25, 0.3) is 10.2 Å². The summed E-state index contributed by atoms with van der Waals surface area (Å²) in [6, 6.07) is 11.8. The van der Waals surface area contributed by atoms with Gasteiger partial charge in [0, 0.05) is 33.4 Å². The highest BCUT2D eigenvalue weighted by Crippen LogP contribution is 2.29. The molecule has 0 N–H and O–H groups in total. The van der Waals surface area contributed by atoms with Crippen molar-refractivity contribution in [3.05, 3.63) is 81.1 Å². The molecule has 7 nitrogen and oxygen atoms in total. The van der Waals surface area contributed by atoms with Crippen LogP contribution in [0, 0.1) is 6.92 Å². The van der Waals surface area contributed by atoms with Gasteiger partial charge in [0.15, 0.2) is 0 Å². The van der Waals surface area contributed by atoms with Gasteiger partial charge >= 0.3 is 0 Å². The van der Waals surface area contributed by atoms with Crippen molar-refractivity contribution in [1.29, 1.82) is 0 Å². The lowest BCUT2D eigenvalue weighted by molar-refractivity contribution is 0.0722. The van der Waals surface area contributed by atoms with Gasteiger partial charge in [-0.1, -0.05) is 12.1 Å². The zero-order valence-electron chi connectivity index (χ0n) is 18.0. The summed E-state index contributed by atoms with van der Waals surface area (Å²) in [6.45, 7) is 2.57. The molecule has 0 radical (unpaired) electrons. The number of fused-ring (bicyclic) bond motifs is 1. The smallest absolute Gasteiger partial charge is 0.265 e. The minimum Gasteiger partial charge on any atom is -0.467 e. The molecule has 0 fully saturated rings. The van der Waals surface area contributed by atoms with Crippen LogP contribution in [0.15, 0.2) is 58.2 Å². The number of carbonyl (C=O) groups is 1. The molecule has 0 spiro atoms. The lowest BCUT2D eigenvalue weighted by Gasteiger charge is -2.22. The Labute approximate surface area is 184 Å². The van der Waals surface area contributed by atoms with Crippen LogP contribution in [0.3, 0.4) is 0 Å². The highest BCUT2D eigenvalue weighted by atomic mass is 32.1. The zero-order chi connectivity index (χ0) is 22.1. The first kappa shape index (κ1) is 20.9. The van der Waals surface area contributed by atoms with Crippen molar-refractivity contribution in [1.82, 2.24) is 14.5 Å². The molecule has 0 aliphatic rings. The molecule has 0 saturated carbocycles. The van der Waals surface area contributed by atoms with E-state index in [2.05, 4.69) is 4.98 Å². The van der Waals surface area contributed by atoms with Crippen LogP contribution in [-0.2, 0) is 20.1 Å². The molecule has 1 amide bonds. The standard InChI is InChI=1S/C23H24N4O3S/c1-15-19-21(24-14-26(4)22(19)28)31-20(15)23(29)27(13-18-6-5-11-30-18)12-16-7-9-17(10-8-16)25(2)3/h5-11,14H,12-13H2,1-4H3. The molecule has 0 saturated heterocycles. The van der Waals surface area contributed by atoms with Gasteiger partial charge in [0.05, 0.1) is 29.4 Å². The van der Waals surface area contributed by atoms with Gasteiger partial charge in [-0.25, -0.2) is 4.98 Å². The summed E-state index contributed by atoms with van der Waals surface area (Å²) >= 11 is 1.26. The van der Waals surface area contributed by atoms with Crippen molar-refractivity contribution in [2.24, 2.45) is 7.05 Å². The Kier molecular flexibility index (Phi) is 5.65. The minimum absolute atomic E-state index is 0.143. The lowest BCUT2D eigenvalue weighted by atomic mass is 10.1. The predicted molar refractivity (Wildman–Crippen MR) is 123 cm³/mol. The molecule has 8 heteroatoms. The molecule has 0 unspecified atom stereocenters. The number of hydrogen-bond donors (Lipinski definition) is 0. The fourth-order valence-electron chi connectivity index (χ4n) is 3.47.